The first-order valence-electron chi connectivity index (χ1n) is 7.25. The van der Waals surface area contributed by atoms with Gasteiger partial charge in [0, 0.05) is 19.0 Å². The molecular formula is C14H26N2O3. The summed E-state index contributed by atoms with van der Waals surface area (Å²) >= 11 is 0. The SMILES string of the molecule is CC(C)C1CCC(NC(=O)NCCCC(=O)O)CC1. The molecular weight excluding hydrogens is 244 g/mol. The van der Waals surface area contributed by atoms with Crippen LogP contribution in [-0.4, -0.2) is 29.7 Å². The standard InChI is InChI=1S/C14H26N2O3/c1-10(2)11-5-7-12(8-6-11)16-14(19)15-9-3-4-13(17)18/h10-12H,3-9H2,1-2H3,(H,17,18)(H2,15,16,19). The summed E-state index contributed by atoms with van der Waals surface area (Å²) in [4.78, 5) is 21.9. The van der Waals surface area contributed by atoms with Crippen LogP contribution < -0.4 is 10.6 Å². The third kappa shape index (κ3) is 6.45. The van der Waals surface area contributed by atoms with Gasteiger partial charge < -0.3 is 15.7 Å². The fraction of sp³-hybridized carbons (Fsp3) is 0.857. The molecule has 0 atom stereocenters. The van der Waals surface area contributed by atoms with Crippen LogP contribution in [0.3, 0.4) is 0 Å². The molecule has 5 heteroatoms. The van der Waals surface area contributed by atoms with Crippen molar-refractivity contribution in [3.63, 3.8) is 0 Å². The lowest BCUT2D eigenvalue weighted by Crippen LogP contribution is -2.44. The van der Waals surface area contributed by atoms with Gasteiger partial charge in [-0.15, -0.1) is 0 Å². The molecule has 1 fully saturated rings. The Kier molecular flexibility index (Phi) is 6.67. The first-order chi connectivity index (χ1) is 8.99. The number of carbonyl (C=O) groups excluding carboxylic acids is 1. The lowest BCUT2D eigenvalue weighted by atomic mass is 9.80. The van der Waals surface area contributed by atoms with Crippen molar-refractivity contribution in [2.24, 2.45) is 11.8 Å². The van der Waals surface area contributed by atoms with Crippen molar-refractivity contribution in [1.82, 2.24) is 10.6 Å². The lowest BCUT2D eigenvalue weighted by Gasteiger charge is -2.31. The highest BCUT2D eigenvalue weighted by molar-refractivity contribution is 5.74. The van der Waals surface area contributed by atoms with Gasteiger partial charge in [0.15, 0.2) is 0 Å². The number of rotatable bonds is 6. The van der Waals surface area contributed by atoms with E-state index in [1.165, 1.54) is 12.8 Å². The molecule has 2 amide bonds. The number of carboxylic acids is 1. The van der Waals surface area contributed by atoms with Crippen molar-refractivity contribution in [2.45, 2.75) is 58.4 Å². The van der Waals surface area contributed by atoms with Gasteiger partial charge in [0.05, 0.1) is 0 Å². The van der Waals surface area contributed by atoms with Gasteiger partial charge in [-0.2, -0.15) is 0 Å². The second-order valence-electron chi connectivity index (χ2n) is 5.75. The number of aliphatic carboxylic acids is 1. The van der Waals surface area contributed by atoms with Crippen molar-refractivity contribution >= 4 is 12.0 Å². The van der Waals surface area contributed by atoms with Crippen molar-refractivity contribution in [3.8, 4) is 0 Å². The summed E-state index contributed by atoms with van der Waals surface area (Å²) in [6.07, 6.45) is 5.03. The summed E-state index contributed by atoms with van der Waals surface area (Å²) in [6, 6.07) is 0.104. The number of hydrogen-bond donors (Lipinski definition) is 3. The molecule has 1 saturated carbocycles. The predicted molar refractivity (Wildman–Crippen MR) is 74.0 cm³/mol. The average molecular weight is 270 g/mol. The molecule has 1 rings (SSSR count). The minimum absolute atomic E-state index is 0.0970. The van der Waals surface area contributed by atoms with E-state index in [9.17, 15) is 9.59 Å². The molecule has 0 bridgehead atoms. The van der Waals surface area contributed by atoms with Crippen molar-refractivity contribution in [3.05, 3.63) is 0 Å². The van der Waals surface area contributed by atoms with E-state index < -0.39 is 5.97 Å². The van der Waals surface area contributed by atoms with Gasteiger partial charge in [0.2, 0.25) is 0 Å². The Morgan fingerprint density at radius 1 is 1.21 bits per heavy atom. The van der Waals surface area contributed by atoms with Crippen LogP contribution in [0.1, 0.15) is 52.4 Å². The fourth-order valence-electron chi connectivity index (χ4n) is 2.61. The Hall–Kier alpha value is -1.26. The first kappa shape index (κ1) is 15.8. The molecule has 19 heavy (non-hydrogen) atoms. The number of carboxylic acid groups (broad SMARTS) is 1. The van der Waals surface area contributed by atoms with Crippen molar-refractivity contribution < 1.29 is 14.7 Å². The van der Waals surface area contributed by atoms with Crippen LogP contribution in [0.5, 0.6) is 0 Å². The highest BCUT2D eigenvalue weighted by atomic mass is 16.4. The molecule has 0 aromatic rings. The van der Waals surface area contributed by atoms with Crippen molar-refractivity contribution in [1.29, 1.82) is 0 Å². The molecule has 0 unspecified atom stereocenters. The summed E-state index contributed by atoms with van der Waals surface area (Å²) in [5, 5.41) is 14.2. The molecule has 3 N–H and O–H groups in total. The van der Waals surface area contributed by atoms with Gasteiger partial charge in [-0.3, -0.25) is 4.79 Å². The molecule has 1 aliphatic carbocycles. The molecule has 0 radical (unpaired) electrons. The molecule has 0 aliphatic heterocycles. The van der Waals surface area contributed by atoms with Crippen LogP contribution in [0, 0.1) is 11.8 Å². The number of hydrogen-bond acceptors (Lipinski definition) is 2. The maximum atomic E-state index is 11.6. The topological polar surface area (TPSA) is 78.4 Å². The normalized spacial score (nSPS) is 23.1. The van der Waals surface area contributed by atoms with Gasteiger partial charge in [-0.25, -0.2) is 4.79 Å². The molecule has 0 heterocycles. The molecule has 0 spiro atoms. The zero-order valence-electron chi connectivity index (χ0n) is 11.9. The number of amides is 2. The lowest BCUT2D eigenvalue weighted by molar-refractivity contribution is -0.137. The van der Waals surface area contributed by atoms with Gasteiger partial charge in [0.25, 0.3) is 0 Å². The summed E-state index contributed by atoms with van der Waals surface area (Å²) in [7, 11) is 0. The Morgan fingerprint density at radius 2 is 1.84 bits per heavy atom. The second-order valence-corrected chi connectivity index (χ2v) is 5.75. The third-order valence-corrected chi connectivity index (χ3v) is 3.90. The van der Waals surface area contributed by atoms with Gasteiger partial charge in [-0.05, 0) is 43.9 Å². The fourth-order valence-corrected chi connectivity index (χ4v) is 2.61. The highest BCUT2D eigenvalue weighted by Gasteiger charge is 2.23. The monoisotopic (exact) mass is 270 g/mol. The summed E-state index contributed by atoms with van der Waals surface area (Å²) in [6.45, 7) is 4.93. The molecule has 110 valence electrons. The zero-order valence-corrected chi connectivity index (χ0v) is 11.9. The number of urea groups is 1. The molecule has 1 aliphatic rings. The van der Waals surface area contributed by atoms with E-state index in [0.717, 1.165) is 24.7 Å². The summed E-state index contributed by atoms with van der Waals surface area (Å²) in [5.74, 6) is 0.691. The van der Waals surface area contributed by atoms with Gasteiger partial charge in [0.1, 0.15) is 0 Å². The van der Waals surface area contributed by atoms with Crippen LogP contribution in [0.4, 0.5) is 4.79 Å². The smallest absolute Gasteiger partial charge is 0.315 e. The number of carbonyl (C=O) groups is 2. The van der Waals surface area contributed by atoms with E-state index in [2.05, 4.69) is 24.5 Å². The molecule has 0 saturated heterocycles. The highest BCUT2D eigenvalue weighted by Crippen LogP contribution is 2.29. The summed E-state index contributed by atoms with van der Waals surface area (Å²) < 4.78 is 0. The Bertz CT molecular complexity index is 297. The predicted octanol–water partition coefficient (Wildman–Crippen LogP) is 2.37. The van der Waals surface area contributed by atoms with Crippen LogP contribution in [-0.2, 0) is 4.79 Å². The van der Waals surface area contributed by atoms with E-state index in [-0.39, 0.29) is 18.5 Å². The van der Waals surface area contributed by atoms with Gasteiger partial charge in [-0.1, -0.05) is 13.8 Å². The maximum absolute atomic E-state index is 11.6. The van der Waals surface area contributed by atoms with E-state index in [4.69, 9.17) is 5.11 Å². The van der Waals surface area contributed by atoms with E-state index >= 15 is 0 Å². The third-order valence-electron chi connectivity index (χ3n) is 3.90. The minimum Gasteiger partial charge on any atom is -0.481 e. The van der Waals surface area contributed by atoms with Crippen LogP contribution >= 0.6 is 0 Å². The zero-order chi connectivity index (χ0) is 14.3. The summed E-state index contributed by atoms with van der Waals surface area (Å²) in [5.41, 5.74) is 0. The first-order valence-corrected chi connectivity index (χ1v) is 7.25. The Morgan fingerprint density at radius 3 is 2.37 bits per heavy atom. The quantitative estimate of drug-likeness (QED) is 0.648. The molecule has 0 aromatic carbocycles. The van der Waals surface area contributed by atoms with Gasteiger partial charge >= 0.3 is 12.0 Å². The maximum Gasteiger partial charge on any atom is 0.315 e. The van der Waals surface area contributed by atoms with E-state index in [1.807, 2.05) is 0 Å². The largest absolute Gasteiger partial charge is 0.481 e. The van der Waals surface area contributed by atoms with Crippen LogP contribution in [0.2, 0.25) is 0 Å². The Labute approximate surface area is 115 Å². The second kappa shape index (κ2) is 8.02. The van der Waals surface area contributed by atoms with Crippen LogP contribution in [0.15, 0.2) is 0 Å². The van der Waals surface area contributed by atoms with E-state index in [0.29, 0.717) is 13.0 Å². The average Bonchev–Trinajstić information content (AvgIpc) is 2.35. The van der Waals surface area contributed by atoms with E-state index in [1.54, 1.807) is 0 Å². The molecule has 5 nitrogen and oxygen atoms in total. The molecule has 0 aromatic heterocycles. The van der Waals surface area contributed by atoms with Crippen molar-refractivity contribution in [2.75, 3.05) is 6.54 Å². The minimum atomic E-state index is -0.825. The van der Waals surface area contributed by atoms with Crippen LogP contribution in [0.25, 0.3) is 0 Å². The number of nitrogens with one attached hydrogen (secondary N) is 2. The Balaban J connectivity index is 2.11.